The van der Waals surface area contributed by atoms with Gasteiger partial charge in [-0.3, -0.25) is 4.55 Å². The first kappa shape index (κ1) is 32.9. The van der Waals surface area contributed by atoms with Gasteiger partial charge in [0.05, 0.1) is 38.6 Å². The third kappa shape index (κ3) is 7.83. The molecule has 19 heteroatoms. The van der Waals surface area contributed by atoms with Crippen molar-refractivity contribution in [3.05, 3.63) is 11.8 Å². The molecule has 0 saturated carbocycles. The molecule has 13 atom stereocenters. The minimum atomic E-state index is -5.04. The molecule has 3 aliphatic heterocycles. The minimum Gasteiger partial charge on any atom is -0.475 e. The van der Waals surface area contributed by atoms with Crippen LogP contribution in [-0.4, -0.2) is 154 Å². The molecule has 0 spiro atoms. The van der Waals surface area contributed by atoms with Crippen molar-refractivity contribution in [1.82, 2.24) is 0 Å². The summed E-state index contributed by atoms with van der Waals surface area (Å²) < 4.78 is 62.2. The highest BCUT2D eigenvalue weighted by Crippen LogP contribution is 2.33. The third-order valence-corrected chi connectivity index (χ3v) is 7.30. The summed E-state index contributed by atoms with van der Waals surface area (Å²) in [5.74, 6) is -4.40. The number of ether oxygens (including phenoxy) is 5. The van der Waals surface area contributed by atoms with Gasteiger partial charge in [-0.15, -0.1) is 0 Å². The summed E-state index contributed by atoms with van der Waals surface area (Å²) in [6, 6.07) is 0. The lowest BCUT2D eigenvalue weighted by molar-refractivity contribution is -0.286. The van der Waals surface area contributed by atoms with Crippen molar-refractivity contribution in [3.63, 3.8) is 0 Å². The van der Waals surface area contributed by atoms with Gasteiger partial charge in [0, 0.05) is 11.8 Å². The predicted molar refractivity (Wildman–Crippen MR) is 123 cm³/mol. The topological polar surface area (TPSA) is 289 Å². The monoisotopic (exact) mass is 606 g/mol. The van der Waals surface area contributed by atoms with Gasteiger partial charge in [-0.2, -0.15) is 8.42 Å². The molecule has 2 saturated heterocycles. The molecule has 40 heavy (non-hydrogen) atoms. The van der Waals surface area contributed by atoms with Gasteiger partial charge >= 0.3 is 16.4 Å². The fourth-order valence-corrected chi connectivity index (χ4v) is 5.13. The van der Waals surface area contributed by atoms with Crippen LogP contribution in [0.3, 0.4) is 0 Å². The second-order valence-electron chi connectivity index (χ2n) is 9.59. The quantitative estimate of drug-likeness (QED) is 0.0995. The summed E-state index contributed by atoms with van der Waals surface area (Å²) in [6.07, 6.45) is -16.1. The molecule has 3 aliphatic rings. The highest BCUT2D eigenvalue weighted by atomic mass is 32.3. The maximum absolute atomic E-state index is 11.2. The lowest BCUT2D eigenvalue weighted by Gasteiger charge is -2.44. The maximum atomic E-state index is 11.2. The largest absolute Gasteiger partial charge is 0.475 e. The van der Waals surface area contributed by atoms with Crippen molar-refractivity contribution in [1.29, 1.82) is 0 Å². The van der Waals surface area contributed by atoms with E-state index in [1.807, 2.05) is 0 Å². The summed E-state index contributed by atoms with van der Waals surface area (Å²) in [5.41, 5.74) is 0. The van der Waals surface area contributed by atoms with Gasteiger partial charge in [0.1, 0.15) is 42.7 Å². The molecule has 0 amide bonds. The molecule has 3 rings (SSSR count). The van der Waals surface area contributed by atoms with Crippen LogP contribution in [0.1, 0.15) is 6.92 Å². The van der Waals surface area contributed by atoms with Gasteiger partial charge in [0.2, 0.25) is 12.0 Å². The molecule has 232 valence electrons. The van der Waals surface area contributed by atoms with Crippen LogP contribution in [0.5, 0.6) is 0 Å². The van der Waals surface area contributed by atoms with Gasteiger partial charge in [-0.05, 0) is 13.0 Å². The molecule has 0 aliphatic carbocycles. The zero-order valence-corrected chi connectivity index (χ0v) is 21.8. The number of carboxylic acids is 1. The summed E-state index contributed by atoms with van der Waals surface area (Å²) in [7, 11) is -5.04. The average molecular weight is 607 g/mol. The van der Waals surface area contributed by atoms with E-state index in [9.17, 15) is 49.0 Å². The van der Waals surface area contributed by atoms with E-state index in [0.717, 1.165) is 6.08 Å². The molecule has 0 aromatic carbocycles. The Morgan fingerprint density at radius 1 is 0.925 bits per heavy atom. The second-order valence-corrected chi connectivity index (χ2v) is 10.6. The number of carboxylic acid groups (broad SMARTS) is 1. The van der Waals surface area contributed by atoms with Crippen LogP contribution < -0.4 is 0 Å². The van der Waals surface area contributed by atoms with Crippen molar-refractivity contribution in [2.24, 2.45) is 11.8 Å². The molecular weight excluding hydrogens is 572 g/mol. The van der Waals surface area contributed by atoms with E-state index < -0.39 is 128 Å². The number of aliphatic carboxylic acids is 1. The first-order valence-electron chi connectivity index (χ1n) is 12.1. The van der Waals surface area contributed by atoms with E-state index in [4.69, 9.17) is 33.3 Å². The van der Waals surface area contributed by atoms with E-state index in [0.29, 0.717) is 0 Å². The van der Waals surface area contributed by atoms with E-state index in [2.05, 4.69) is 4.18 Å². The van der Waals surface area contributed by atoms with Crippen molar-refractivity contribution in [3.8, 4) is 0 Å². The fraction of sp³-hybridized carbons (Fsp3) is 0.857. The SMILES string of the molecule is CC1OC(COCC2C(COC3OC(C(=O)O)=CC(O)C3O)C(O)OC(CO)[C@@H]2O)C(O)C(OS(=O)(=O)O)[C@H]1O. The molecule has 0 bridgehead atoms. The Labute approximate surface area is 227 Å². The van der Waals surface area contributed by atoms with Crippen molar-refractivity contribution >= 4 is 16.4 Å². The first-order valence-corrected chi connectivity index (χ1v) is 13.5. The van der Waals surface area contributed by atoms with Crippen LogP contribution in [-0.2, 0) is 43.1 Å². The van der Waals surface area contributed by atoms with Gasteiger partial charge in [-0.25, -0.2) is 8.98 Å². The first-order chi connectivity index (χ1) is 18.6. The summed E-state index contributed by atoms with van der Waals surface area (Å²) in [5, 5.41) is 80.4. The van der Waals surface area contributed by atoms with Crippen LogP contribution in [0.25, 0.3) is 0 Å². The molecule has 0 aromatic heterocycles. The second kappa shape index (κ2) is 13.6. The van der Waals surface area contributed by atoms with Gasteiger partial charge in [-0.1, -0.05) is 0 Å². The maximum Gasteiger partial charge on any atom is 0.397 e. The highest BCUT2D eigenvalue weighted by Gasteiger charge is 2.48. The summed E-state index contributed by atoms with van der Waals surface area (Å²) in [6.45, 7) is -0.714. The molecule has 3 heterocycles. The number of aliphatic hydroxyl groups is 7. The molecule has 0 aromatic rings. The normalized spacial score (nSPS) is 42.6. The van der Waals surface area contributed by atoms with Crippen LogP contribution in [0.2, 0.25) is 0 Å². The van der Waals surface area contributed by atoms with E-state index in [1.54, 1.807) is 0 Å². The Balaban J connectivity index is 1.67. The molecule has 11 unspecified atom stereocenters. The standard InChI is InChI=1S/C21H34O18S/c1-7-14(24)18(39-40(31,32)33)17(27)13(36-7)6-34-4-8-9(20(30)37-12(3-22)15(8)25)5-35-21-16(26)10(23)2-11(38-21)19(28)29/h2,7-10,12-18,20-27,30H,3-6H2,1H3,(H,28,29)(H,31,32,33)/t7?,8?,9?,10?,12?,13?,14-,15+,16?,17?,18?,20?,21?/m0/s1. The third-order valence-electron chi connectivity index (χ3n) is 6.84. The Morgan fingerprint density at radius 2 is 1.60 bits per heavy atom. The van der Waals surface area contributed by atoms with Crippen molar-refractivity contribution in [2.45, 2.75) is 74.4 Å². The number of carbonyl (C=O) groups is 1. The number of hydrogen-bond acceptors (Lipinski definition) is 16. The lowest BCUT2D eigenvalue weighted by Crippen LogP contribution is -2.59. The Morgan fingerprint density at radius 3 is 2.20 bits per heavy atom. The van der Waals surface area contributed by atoms with Crippen LogP contribution in [0.15, 0.2) is 11.8 Å². The predicted octanol–water partition coefficient (Wildman–Crippen LogP) is -4.93. The minimum absolute atomic E-state index is 0.392. The molecular formula is C21H34O18S. The van der Waals surface area contributed by atoms with Crippen molar-refractivity contribution in [2.75, 3.05) is 26.4 Å². The van der Waals surface area contributed by atoms with E-state index in [-0.39, 0.29) is 0 Å². The molecule has 0 radical (unpaired) electrons. The van der Waals surface area contributed by atoms with Gasteiger partial charge in [0.25, 0.3) is 0 Å². The zero-order chi connectivity index (χ0) is 29.9. The smallest absolute Gasteiger partial charge is 0.397 e. The number of rotatable bonds is 11. The summed E-state index contributed by atoms with van der Waals surface area (Å²) >= 11 is 0. The lowest BCUT2D eigenvalue weighted by atomic mass is 9.83. The Bertz CT molecular complexity index is 990. The van der Waals surface area contributed by atoms with E-state index >= 15 is 0 Å². The molecule has 18 nitrogen and oxygen atoms in total. The average Bonchev–Trinajstić information content (AvgIpc) is 2.87. The molecule has 9 N–H and O–H groups in total. The Kier molecular flexibility index (Phi) is 11.2. The summed E-state index contributed by atoms with van der Waals surface area (Å²) in [4.78, 5) is 11.2. The fourth-order valence-electron chi connectivity index (χ4n) is 4.62. The highest BCUT2D eigenvalue weighted by molar-refractivity contribution is 7.80. The van der Waals surface area contributed by atoms with Crippen LogP contribution in [0.4, 0.5) is 0 Å². The number of hydrogen-bond donors (Lipinski definition) is 9. The Hall–Kier alpha value is -1.56. The molecule has 2 fully saturated rings. The number of aliphatic hydroxyl groups excluding tert-OH is 7. The van der Waals surface area contributed by atoms with E-state index in [1.165, 1.54) is 6.92 Å². The van der Waals surface area contributed by atoms with Crippen molar-refractivity contribution < 1.29 is 86.5 Å². The van der Waals surface area contributed by atoms with Gasteiger partial charge < -0.3 is 64.5 Å². The van der Waals surface area contributed by atoms with Crippen LogP contribution >= 0.6 is 0 Å². The van der Waals surface area contributed by atoms with Crippen LogP contribution in [0, 0.1) is 11.8 Å². The zero-order valence-electron chi connectivity index (χ0n) is 21.0. The van der Waals surface area contributed by atoms with Gasteiger partial charge in [0.15, 0.2) is 6.29 Å².